The standard InChI is InChI=1S/C14H8ClF2N3O/c15-8-2-4-12(18)9(6-8)14-19-13(20-21-14)7-1-3-10(16)11(17)5-7/h1-6H,18H2. The summed E-state index contributed by atoms with van der Waals surface area (Å²) in [5.41, 5.74) is 7.01. The summed E-state index contributed by atoms with van der Waals surface area (Å²) in [5.74, 6) is -1.65. The summed E-state index contributed by atoms with van der Waals surface area (Å²) < 4.78 is 31.2. The Kier molecular flexibility index (Phi) is 3.31. The highest BCUT2D eigenvalue weighted by Gasteiger charge is 2.14. The highest BCUT2D eigenvalue weighted by molar-refractivity contribution is 6.31. The number of halogens is 3. The quantitative estimate of drug-likeness (QED) is 0.729. The van der Waals surface area contributed by atoms with Crippen molar-refractivity contribution in [3.8, 4) is 22.8 Å². The van der Waals surface area contributed by atoms with Crippen molar-refractivity contribution < 1.29 is 13.3 Å². The van der Waals surface area contributed by atoms with Gasteiger partial charge in [0.05, 0.1) is 5.56 Å². The van der Waals surface area contributed by atoms with Crippen LogP contribution in [0, 0.1) is 11.6 Å². The number of nitrogens with two attached hydrogens (primary N) is 1. The fraction of sp³-hybridized carbons (Fsp3) is 0. The lowest BCUT2D eigenvalue weighted by atomic mass is 10.2. The Balaban J connectivity index is 2.03. The topological polar surface area (TPSA) is 64.9 Å². The van der Waals surface area contributed by atoms with Gasteiger partial charge < -0.3 is 10.3 Å². The van der Waals surface area contributed by atoms with Crippen LogP contribution in [-0.2, 0) is 0 Å². The molecule has 2 N–H and O–H groups in total. The van der Waals surface area contributed by atoms with Gasteiger partial charge in [0.1, 0.15) is 0 Å². The first-order chi connectivity index (χ1) is 10.0. The summed E-state index contributed by atoms with van der Waals surface area (Å²) in [6, 6.07) is 8.17. The maximum atomic E-state index is 13.2. The van der Waals surface area contributed by atoms with Gasteiger partial charge in [0.2, 0.25) is 5.82 Å². The number of nitrogens with zero attached hydrogens (tertiary/aromatic N) is 2. The van der Waals surface area contributed by atoms with E-state index < -0.39 is 11.6 Å². The van der Waals surface area contributed by atoms with Crippen molar-refractivity contribution in [1.29, 1.82) is 0 Å². The van der Waals surface area contributed by atoms with Crippen LogP contribution in [0.5, 0.6) is 0 Å². The van der Waals surface area contributed by atoms with Crippen LogP contribution in [0.1, 0.15) is 0 Å². The Bertz CT molecular complexity index is 820. The molecule has 2 aromatic carbocycles. The SMILES string of the molecule is Nc1ccc(Cl)cc1-c1nc(-c2ccc(F)c(F)c2)no1. The molecule has 3 aromatic rings. The molecule has 1 aromatic heterocycles. The number of hydrogen-bond donors (Lipinski definition) is 1. The molecule has 0 aliphatic rings. The Morgan fingerprint density at radius 2 is 1.86 bits per heavy atom. The van der Waals surface area contributed by atoms with Gasteiger partial charge in [-0.2, -0.15) is 4.98 Å². The van der Waals surface area contributed by atoms with Crippen LogP contribution < -0.4 is 5.73 Å². The summed E-state index contributed by atoms with van der Waals surface area (Å²) in [5, 5.41) is 4.20. The molecule has 0 spiro atoms. The van der Waals surface area contributed by atoms with Gasteiger partial charge in [-0.1, -0.05) is 16.8 Å². The van der Waals surface area contributed by atoms with Gasteiger partial charge in [-0.05, 0) is 36.4 Å². The maximum Gasteiger partial charge on any atom is 0.260 e. The average molecular weight is 308 g/mol. The molecule has 0 aliphatic heterocycles. The summed E-state index contributed by atoms with van der Waals surface area (Å²) >= 11 is 5.89. The number of hydrogen-bond acceptors (Lipinski definition) is 4. The van der Waals surface area contributed by atoms with E-state index in [4.69, 9.17) is 21.9 Å². The van der Waals surface area contributed by atoms with Crippen molar-refractivity contribution >= 4 is 17.3 Å². The smallest absolute Gasteiger partial charge is 0.260 e. The van der Waals surface area contributed by atoms with Crippen molar-refractivity contribution in [2.75, 3.05) is 5.73 Å². The minimum absolute atomic E-state index is 0.128. The van der Waals surface area contributed by atoms with Gasteiger partial charge in [-0.25, -0.2) is 8.78 Å². The normalized spacial score (nSPS) is 10.8. The van der Waals surface area contributed by atoms with Gasteiger partial charge >= 0.3 is 0 Å². The van der Waals surface area contributed by atoms with E-state index >= 15 is 0 Å². The van der Waals surface area contributed by atoms with Crippen molar-refractivity contribution in [1.82, 2.24) is 10.1 Å². The number of benzene rings is 2. The predicted molar refractivity (Wildman–Crippen MR) is 74.5 cm³/mol. The van der Waals surface area contributed by atoms with E-state index in [1.54, 1.807) is 18.2 Å². The first-order valence-corrected chi connectivity index (χ1v) is 6.27. The van der Waals surface area contributed by atoms with Gasteiger partial charge in [-0.15, -0.1) is 0 Å². The minimum Gasteiger partial charge on any atom is -0.398 e. The van der Waals surface area contributed by atoms with E-state index in [1.165, 1.54) is 6.07 Å². The van der Waals surface area contributed by atoms with Crippen LogP contribution in [-0.4, -0.2) is 10.1 Å². The molecule has 106 valence electrons. The highest BCUT2D eigenvalue weighted by Crippen LogP contribution is 2.29. The third-order valence-corrected chi connectivity index (χ3v) is 3.08. The molecule has 0 fully saturated rings. The maximum absolute atomic E-state index is 13.2. The summed E-state index contributed by atoms with van der Waals surface area (Å²) in [6.45, 7) is 0. The van der Waals surface area contributed by atoms with Crippen molar-refractivity contribution in [3.05, 3.63) is 53.1 Å². The Morgan fingerprint density at radius 1 is 1.05 bits per heavy atom. The van der Waals surface area contributed by atoms with Crippen LogP contribution in [0.15, 0.2) is 40.9 Å². The summed E-state index contributed by atoms with van der Waals surface area (Å²) in [6.07, 6.45) is 0. The summed E-state index contributed by atoms with van der Waals surface area (Å²) in [7, 11) is 0. The zero-order valence-corrected chi connectivity index (χ0v) is 11.2. The van der Waals surface area contributed by atoms with Crippen LogP contribution in [0.2, 0.25) is 5.02 Å². The number of aromatic nitrogens is 2. The van der Waals surface area contributed by atoms with E-state index in [0.29, 0.717) is 21.8 Å². The number of anilines is 1. The fourth-order valence-corrected chi connectivity index (χ4v) is 1.97. The molecule has 0 saturated heterocycles. The lowest BCUT2D eigenvalue weighted by Gasteiger charge is -2.00. The molecule has 0 radical (unpaired) electrons. The molecular formula is C14H8ClF2N3O. The lowest BCUT2D eigenvalue weighted by Crippen LogP contribution is -1.90. The molecule has 0 saturated carbocycles. The van der Waals surface area contributed by atoms with Crippen LogP contribution >= 0.6 is 11.6 Å². The molecular weight excluding hydrogens is 300 g/mol. The Morgan fingerprint density at radius 3 is 2.62 bits per heavy atom. The monoisotopic (exact) mass is 307 g/mol. The molecule has 7 heteroatoms. The van der Waals surface area contributed by atoms with E-state index in [0.717, 1.165) is 12.1 Å². The van der Waals surface area contributed by atoms with E-state index in [1.807, 2.05) is 0 Å². The van der Waals surface area contributed by atoms with Crippen molar-refractivity contribution in [2.45, 2.75) is 0 Å². The van der Waals surface area contributed by atoms with Gasteiger partial charge in [0.25, 0.3) is 5.89 Å². The molecule has 1 heterocycles. The molecule has 21 heavy (non-hydrogen) atoms. The minimum atomic E-state index is -0.985. The average Bonchev–Trinajstić information content (AvgIpc) is 2.94. The number of rotatable bonds is 2. The zero-order valence-electron chi connectivity index (χ0n) is 10.5. The Hall–Kier alpha value is -2.47. The number of nitrogen functional groups attached to an aromatic ring is 1. The molecule has 0 unspecified atom stereocenters. The molecule has 0 bridgehead atoms. The van der Waals surface area contributed by atoms with Gasteiger partial charge in [-0.3, -0.25) is 0 Å². The summed E-state index contributed by atoms with van der Waals surface area (Å²) in [4.78, 5) is 4.12. The second-order valence-corrected chi connectivity index (χ2v) is 4.72. The second kappa shape index (κ2) is 5.14. The van der Waals surface area contributed by atoms with Crippen LogP contribution in [0.3, 0.4) is 0 Å². The fourth-order valence-electron chi connectivity index (χ4n) is 1.80. The zero-order chi connectivity index (χ0) is 15.0. The second-order valence-electron chi connectivity index (χ2n) is 4.28. The van der Waals surface area contributed by atoms with Crippen LogP contribution in [0.4, 0.5) is 14.5 Å². The molecule has 0 aliphatic carbocycles. The molecule has 4 nitrogen and oxygen atoms in total. The third kappa shape index (κ3) is 2.57. The van der Waals surface area contributed by atoms with Gasteiger partial charge in [0.15, 0.2) is 11.6 Å². The lowest BCUT2D eigenvalue weighted by molar-refractivity contribution is 0.432. The largest absolute Gasteiger partial charge is 0.398 e. The third-order valence-electron chi connectivity index (χ3n) is 2.85. The van der Waals surface area contributed by atoms with E-state index in [2.05, 4.69) is 10.1 Å². The van der Waals surface area contributed by atoms with Crippen LogP contribution in [0.25, 0.3) is 22.8 Å². The Labute approximate surface area is 123 Å². The van der Waals surface area contributed by atoms with Crippen molar-refractivity contribution in [3.63, 3.8) is 0 Å². The predicted octanol–water partition coefficient (Wildman–Crippen LogP) is 3.92. The van der Waals surface area contributed by atoms with Gasteiger partial charge in [0, 0.05) is 16.3 Å². The molecule has 3 rings (SSSR count). The first kappa shape index (κ1) is 13.5. The first-order valence-electron chi connectivity index (χ1n) is 5.89. The van der Waals surface area contributed by atoms with Crippen molar-refractivity contribution in [2.24, 2.45) is 0 Å². The van der Waals surface area contributed by atoms with E-state index in [-0.39, 0.29) is 11.7 Å². The highest BCUT2D eigenvalue weighted by atomic mass is 35.5. The van der Waals surface area contributed by atoms with E-state index in [9.17, 15) is 8.78 Å². The molecule has 0 atom stereocenters. The molecule has 0 amide bonds.